The van der Waals surface area contributed by atoms with E-state index in [1.165, 1.54) is 21.4 Å². The smallest absolute Gasteiger partial charge is 0.349 e. The number of aromatic nitrogens is 4. The fourth-order valence-electron chi connectivity index (χ4n) is 8.29. The van der Waals surface area contributed by atoms with Crippen molar-refractivity contribution in [1.29, 1.82) is 0 Å². The summed E-state index contributed by atoms with van der Waals surface area (Å²) in [5.74, 6) is 0.387. The van der Waals surface area contributed by atoms with Crippen molar-refractivity contribution in [3.63, 3.8) is 0 Å². The van der Waals surface area contributed by atoms with Gasteiger partial charge in [0.25, 0.3) is 5.56 Å². The van der Waals surface area contributed by atoms with Crippen LogP contribution in [0.25, 0.3) is 0 Å². The number of fused-ring (bicyclic) bond motifs is 2. The van der Waals surface area contributed by atoms with Crippen molar-refractivity contribution in [2.45, 2.75) is 154 Å². The molecule has 4 saturated carbocycles. The van der Waals surface area contributed by atoms with Crippen LogP contribution in [0.15, 0.2) is 38.9 Å². The van der Waals surface area contributed by atoms with E-state index >= 15 is 8.78 Å². The number of nitrogens with one attached hydrogen (secondary N) is 1. The quantitative estimate of drug-likeness (QED) is 0.286. The van der Waals surface area contributed by atoms with Gasteiger partial charge in [0.15, 0.2) is 16.6 Å². The number of halogens is 2. The lowest BCUT2D eigenvalue weighted by molar-refractivity contribution is 0.0379. The third-order valence-corrected chi connectivity index (χ3v) is 22.6. The van der Waals surface area contributed by atoms with Crippen molar-refractivity contribution < 1.29 is 17.6 Å². The molecule has 0 aromatic carbocycles. The third-order valence-electron chi connectivity index (χ3n) is 13.7. The first-order valence-electron chi connectivity index (χ1n) is 18.2. The summed E-state index contributed by atoms with van der Waals surface area (Å²) in [6.45, 7) is 25.7. The predicted octanol–water partition coefficient (Wildman–Crippen LogP) is 6.76. The van der Waals surface area contributed by atoms with Crippen molar-refractivity contribution in [3.8, 4) is 0 Å². The topological polar surface area (TPSA) is 134 Å². The molecule has 0 saturated heterocycles. The molecule has 0 spiro atoms. The first-order chi connectivity index (χ1) is 22.9. The van der Waals surface area contributed by atoms with Crippen LogP contribution in [0.2, 0.25) is 36.3 Å². The van der Waals surface area contributed by atoms with Crippen LogP contribution >= 0.6 is 0 Å². The first-order valence-corrected chi connectivity index (χ1v) is 24.0. The number of H-pyrrole nitrogens is 1. The molecule has 0 radical (unpaired) electrons. The molecular formula is C36H59F2N5O5Si2. The Hall–Kier alpha value is -2.43. The van der Waals surface area contributed by atoms with Crippen molar-refractivity contribution in [3.05, 3.63) is 55.8 Å². The van der Waals surface area contributed by atoms with Crippen molar-refractivity contribution >= 4 is 22.5 Å². The second-order valence-electron chi connectivity index (χ2n) is 18.3. The van der Waals surface area contributed by atoms with Gasteiger partial charge in [0.05, 0.1) is 24.3 Å². The Morgan fingerprint density at radius 3 is 1.62 bits per heavy atom. The van der Waals surface area contributed by atoms with E-state index in [1.807, 2.05) is 0 Å². The van der Waals surface area contributed by atoms with E-state index in [1.54, 1.807) is 12.3 Å². The highest BCUT2D eigenvalue weighted by Gasteiger charge is 2.73. The molecule has 6 rings (SSSR count). The highest BCUT2D eigenvalue weighted by atomic mass is 28.4. The maximum atomic E-state index is 15.5. The summed E-state index contributed by atoms with van der Waals surface area (Å²) >= 11 is 0. The summed E-state index contributed by atoms with van der Waals surface area (Å²) < 4.78 is 46.9. The Morgan fingerprint density at radius 2 is 1.24 bits per heavy atom. The molecule has 280 valence electrons. The fraction of sp³-hybridized carbons (Fsp3) is 0.778. The SMILES string of the molecule is CC[C@@]12C[C@@H]1[C@@H](n1ccc(=O)[nH]c1=O)[C@H](F)[C@@H]2O[Si](C)(C)C(C)(C)C.CC[C@@]12C[C@@H]1[C@@H](n1ccc(N)nc1=O)[C@H](F)[C@@H]2O[Si](C)(C)C(C)(C)C. The number of hydrogen-bond acceptors (Lipinski definition) is 7. The molecule has 10 atom stereocenters. The van der Waals surface area contributed by atoms with Gasteiger partial charge in [-0.25, -0.2) is 18.4 Å². The van der Waals surface area contributed by atoms with Crippen molar-refractivity contribution in [2.24, 2.45) is 22.7 Å². The minimum absolute atomic E-state index is 0.00105. The molecule has 2 heterocycles. The van der Waals surface area contributed by atoms with Gasteiger partial charge in [-0.15, -0.1) is 0 Å². The molecular weight excluding hydrogens is 677 g/mol. The maximum Gasteiger partial charge on any atom is 0.349 e. The number of alkyl halides is 2. The van der Waals surface area contributed by atoms with Crippen LogP contribution in [0.4, 0.5) is 14.6 Å². The average Bonchev–Trinajstić information content (AvgIpc) is 3.87. The second-order valence-corrected chi connectivity index (χ2v) is 27.8. The van der Waals surface area contributed by atoms with Crippen LogP contribution in [-0.2, 0) is 8.85 Å². The number of rotatable bonds is 8. The molecule has 50 heavy (non-hydrogen) atoms. The molecule has 10 nitrogen and oxygen atoms in total. The molecule has 14 heteroatoms. The van der Waals surface area contributed by atoms with Gasteiger partial charge in [0, 0.05) is 29.3 Å². The summed E-state index contributed by atoms with van der Waals surface area (Å²) in [5.41, 5.74) is 3.77. The second kappa shape index (κ2) is 12.6. The summed E-state index contributed by atoms with van der Waals surface area (Å²) in [6, 6.07) is 1.78. The minimum atomic E-state index is -2.13. The zero-order valence-corrected chi connectivity index (χ0v) is 34.0. The van der Waals surface area contributed by atoms with Crippen LogP contribution < -0.4 is 22.7 Å². The van der Waals surface area contributed by atoms with Crippen LogP contribution in [0, 0.1) is 22.7 Å². The van der Waals surface area contributed by atoms with Gasteiger partial charge in [0.2, 0.25) is 0 Å². The summed E-state index contributed by atoms with van der Waals surface area (Å²) in [5, 5.41) is 0.0165. The number of aromatic amines is 1. The Morgan fingerprint density at radius 1 is 0.820 bits per heavy atom. The van der Waals surface area contributed by atoms with Gasteiger partial charge in [-0.3, -0.25) is 18.9 Å². The van der Waals surface area contributed by atoms with E-state index in [-0.39, 0.29) is 38.6 Å². The third kappa shape index (κ3) is 6.33. The highest BCUT2D eigenvalue weighted by molar-refractivity contribution is 6.74. The van der Waals surface area contributed by atoms with Crippen LogP contribution in [-0.4, -0.2) is 60.3 Å². The Labute approximate surface area is 296 Å². The molecule has 4 fully saturated rings. The highest BCUT2D eigenvalue weighted by Crippen LogP contribution is 2.72. The van der Waals surface area contributed by atoms with Gasteiger partial charge in [-0.05, 0) is 79.9 Å². The Kier molecular flexibility index (Phi) is 9.79. The molecule has 3 N–H and O–H groups in total. The first kappa shape index (κ1) is 38.8. The number of anilines is 1. The predicted molar refractivity (Wildman–Crippen MR) is 198 cm³/mol. The molecule has 0 aliphatic heterocycles. The lowest BCUT2D eigenvalue weighted by atomic mass is 9.97. The van der Waals surface area contributed by atoms with Gasteiger partial charge < -0.3 is 14.6 Å². The molecule has 2 aromatic heterocycles. The molecule has 4 aliphatic carbocycles. The van der Waals surface area contributed by atoms with Gasteiger partial charge in [-0.1, -0.05) is 55.4 Å². The molecule has 4 aliphatic rings. The van der Waals surface area contributed by atoms with E-state index in [9.17, 15) is 14.4 Å². The lowest BCUT2D eigenvalue weighted by Crippen LogP contribution is -2.49. The van der Waals surface area contributed by atoms with E-state index in [0.717, 1.165) is 25.7 Å². The molecule has 0 amide bonds. The number of hydrogen-bond donors (Lipinski definition) is 2. The largest absolute Gasteiger partial charge is 0.410 e. The monoisotopic (exact) mass is 735 g/mol. The Balaban J connectivity index is 0.000000194. The maximum absolute atomic E-state index is 15.5. The summed E-state index contributed by atoms with van der Waals surface area (Å²) in [4.78, 5) is 41.8. The number of nitrogens with zero attached hydrogens (tertiary/aromatic N) is 3. The van der Waals surface area contributed by atoms with E-state index < -0.39 is 70.2 Å². The number of nitrogens with two attached hydrogens (primary N) is 1. The van der Waals surface area contributed by atoms with E-state index in [2.05, 4.69) is 91.5 Å². The van der Waals surface area contributed by atoms with Crippen LogP contribution in [0.3, 0.4) is 0 Å². The molecule has 0 unspecified atom stereocenters. The zero-order valence-electron chi connectivity index (χ0n) is 32.0. The van der Waals surface area contributed by atoms with Crippen LogP contribution in [0.5, 0.6) is 0 Å². The van der Waals surface area contributed by atoms with Crippen LogP contribution in [0.1, 0.15) is 93.2 Å². The normalized spacial score (nSPS) is 34.8. The summed E-state index contributed by atoms with van der Waals surface area (Å²) in [6.07, 6.45) is 3.12. The van der Waals surface area contributed by atoms with E-state index in [0.29, 0.717) is 0 Å². The van der Waals surface area contributed by atoms with Gasteiger partial charge >= 0.3 is 11.4 Å². The van der Waals surface area contributed by atoms with Crippen molar-refractivity contribution in [1.82, 2.24) is 19.1 Å². The number of nitrogen functional groups attached to an aromatic ring is 1. The molecule has 2 aromatic rings. The Bertz CT molecular complexity index is 1770. The van der Waals surface area contributed by atoms with Crippen molar-refractivity contribution in [2.75, 3.05) is 5.73 Å². The minimum Gasteiger partial charge on any atom is -0.410 e. The fourth-order valence-corrected chi connectivity index (χ4v) is 11.0. The summed E-state index contributed by atoms with van der Waals surface area (Å²) in [7, 11) is -4.23. The van der Waals surface area contributed by atoms with Gasteiger partial charge in [0.1, 0.15) is 18.2 Å². The standard InChI is InChI=1S/C18H30FN3O2Si.C18H29FN2O3Si/c1-7-18-10-11(18)14(22-9-8-12(20)21-16(22)23)13(19)15(18)24-25(5,6)17(2,3)4;1-7-18-10-11(18)14(21-9-8-12(22)20-16(21)23)13(19)15(18)24-25(5,6)17(2,3)4/h8-9,11,13-15H,7,10H2,1-6H3,(H2,20,21,23);8-9,11,13-15H,7,10H2,1-6H3,(H,20,22,23)/t2*11-,13+,14-,15+,18-/m11/s1. The average molecular weight is 736 g/mol. The van der Waals surface area contributed by atoms with Gasteiger partial charge in [-0.2, -0.15) is 4.98 Å². The zero-order chi connectivity index (χ0) is 37.6. The van der Waals surface area contributed by atoms with E-state index in [4.69, 9.17) is 14.6 Å². The molecule has 0 bridgehead atoms. The lowest BCUT2D eigenvalue weighted by Gasteiger charge is -2.41.